The molecular formula is C20H37NO2. The number of rotatable bonds is 3. The quantitative estimate of drug-likeness (QED) is 0.653. The first kappa shape index (κ1) is 20.1. The molecule has 2 fully saturated rings. The minimum absolute atomic E-state index is 0.163. The number of amides is 1. The summed E-state index contributed by atoms with van der Waals surface area (Å²) in [6.07, 6.45) is 6.28. The maximum atomic E-state index is 10.6. The highest BCUT2D eigenvalue weighted by atomic mass is 16.4. The van der Waals surface area contributed by atoms with Crippen LogP contribution in [-0.4, -0.2) is 17.2 Å². The molecule has 1 amide bonds. The van der Waals surface area contributed by atoms with E-state index in [1.807, 2.05) is 0 Å². The van der Waals surface area contributed by atoms with Gasteiger partial charge in [0.05, 0.1) is 0 Å². The Bertz CT molecular complexity index is 421. The van der Waals surface area contributed by atoms with Crippen molar-refractivity contribution in [1.29, 1.82) is 0 Å². The predicted molar refractivity (Wildman–Crippen MR) is 97.6 cm³/mol. The van der Waals surface area contributed by atoms with Gasteiger partial charge in [0.1, 0.15) is 0 Å². The van der Waals surface area contributed by atoms with Crippen molar-refractivity contribution < 1.29 is 9.90 Å². The lowest BCUT2D eigenvalue weighted by atomic mass is 9.74. The van der Waals surface area contributed by atoms with E-state index < -0.39 is 6.09 Å². The summed E-state index contributed by atoms with van der Waals surface area (Å²) in [4.78, 5) is 10.6. The highest BCUT2D eigenvalue weighted by molar-refractivity contribution is 5.64. The van der Waals surface area contributed by atoms with E-state index in [0.29, 0.717) is 23.2 Å². The first-order chi connectivity index (χ1) is 10.5. The fourth-order valence-corrected chi connectivity index (χ4v) is 3.72. The largest absolute Gasteiger partial charge is 0.465 e. The van der Waals surface area contributed by atoms with Crippen molar-refractivity contribution in [2.45, 2.75) is 80.2 Å². The van der Waals surface area contributed by atoms with Crippen LogP contribution in [-0.2, 0) is 0 Å². The van der Waals surface area contributed by atoms with Crippen molar-refractivity contribution in [3.05, 3.63) is 11.6 Å². The van der Waals surface area contributed by atoms with Crippen LogP contribution in [0.25, 0.3) is 0 Å². The SMILES string of the molecule is CC(C)=C[C@@H]1CC1(C)C.CC(C)[C@@H]1CC[C@@H](C)C[C@@H]1NC(=O)O. The van der Waals surface area contributed by atoms with E-state index in [1.165, 1.54) is 18.4 Å². The number of carbonyl (C=O) groups is 1. The molecule has 0 aromatic heterocycles. The zero-order valence-corrected chi connectivity index (χ0v) is 16.1. The lowest BCUT2D eigenvalue weighted by Crippen LogP contribution is -2.45. The van der Waals surface area contributed by atoms with Crippen molar-refractivity contribution in [2.24, 2.45) is 29.1 Å². The lowest BCUT2D eigenvalue weighted by molar-refractivity contribution is 0.147. The van der Waals surface area contributed by atoms with Gasteiger partial charge in [-0.3, -0.25) is 0 Å². The zero-order chi connectivity index (χ0) is 17.8. The van der Waals surface area contributed by atoms with Gasteiger partial charge < -0.3 is 10.4 Å². The van der Waals surface area contributed by atoms with Crippen molar-refractivity contribution in [3.63, 3.8) is 0 Å². The van der Waals surface area contributed by atoms with Gasteiger partial charge in [-0.25, -0.2) is 4.79 Å². The van der Waals surface area contributed by atoms with Crippen molar-refractivity contribution in [1.82, 2.24) is 5.32 Å². The molecule has 0 aromatic rings. The molecule has 0 heterocycles. The summed E-state index contributed by atoms with van der Waals surface area (Å²) in [6, 6.07) is 0.163. The molecule has 4 atom stereocenters. The third-order valence-electron chi connectivity index (χ3n) is 5.46. The Morgan fingerprint density at radius 3 is 2.17 bits per heavy atom. The van der Waals surface area contributed by atoms with Crippen LogP contribution in [0, 0.1) is 29.1 Å². The average Bonchev–Trinajstić information content (AvgIpc) is 2.94. The number of nitrogens with one attached hydrogen (secondary N) is 1. The fourth-order valence-electron chi connectivity index (χ4n) is 3.72. The van der Waals surface area contributed by atoms with Crippen LogP contribution in [0.5, 0.6) is 0 Å². The van der Waals surface area contributed by atoms with Crippen LogP contribution in [0.4, 0.5) is 4.79 Å². The minimum atomic E-state index is -0.880. The third kappa shape index (κ3) is 6.97. The maximum absolute atomic E-state index is 10.6. The molecule has 0 aromatic carbocycles. The van der Waals surface area contributed by atoms with E-state index in [2.05, 4.69) is 59.9 Å². The monoisotopic (exact) mass is 323 g/mol. The molecule has 0 spiro atoms. The maximum Gasteiger partial charge on any atom is 0.404 e. The Labute approximate surface area is 142 Å². The predicted octanol–water partition coefficient (Wildman–Crippen LogP) is 5.71. The van der Waals surface area contributed by atoms with E-state index in [0.717, 1.165) is 18.8 Å². The van der Waals surface area contributed by atoms with E-state index in [-0.39, 0.29) is 6.04 Å². The molecule has 0 bridgehead atoms. The molecule has 3 heteroatoms. The van der Waals surface area contributed by atoms with Crippen molar-refractivity contribution >= 4 is 6.09 Å². The molecule has 3 nitrogen and oxygen atoms in total. The van der Waals surface area contributed by atoms with Gasteiger partial charge in [-0.2, -0.15) is 0 Å². The van der Waals surface area contributed by atoms with Crippen LogP contribution < -0.4 is 5.32 Å². The summed E-state index contributed by atoms with van der Waals surface area (Å²) in [7, 11) is 0. The summed E-state index contributed by atoms with van der Waals surface area (Å²) in [5.74, 6) is 2.62. The van der Waals surface area contributed by atoms with E-state index in [4.69, 9.17) is 5.11 Å². The van der Waals surface area contributed by atoms with E-state index >= 15 is 0 Å². The highest BCUT2D eigenvalue weighted by Gasteiger charge is 2.43. The molecule has 0 aliphatic heterocycles. The second kappa shape index (κ2) is 8.21. The van der Waals surface area contributed by atoms with E-state index in [1.54, 1.807) is 0 Å². The van der Waals surface area contributed by atoms with Gasteiger partial charge in [-0.05, 0) is 62.2 Å². The molecule has 23 heavy (non-hydrogen) atoms. The van der Waals surface area contributed by atoms with Gasteiger partial charge in [0.2, 0.25) is 0 Å². The molecule has 2 saturated carbocycles. The number of hydrogen-bond acceptors (Lipinski definition) is 1. The zero-order valence-electron chi connectivity index (χ0n) is 16.1. The number of hydrogen-bond donors (Lipinski definition) is 2. The highest BCUT2D eigenvalue weighted by Crippen LogP contribution is 2.52. The summed E-state index contributed by atoms with van der Waals surface area (Å²) >= 11 is 0. The minimum Gasteiger partial charge on any atom is -0.465 e. The molecule has 0 unspecified atom stereocenters. The molecule has 134 valence electrons. The Hall–Kier alpha value is -0.990. The van der Waals surface area contributed by atoms with Gasteiger partial charge in [0.15, 0.2) is 0 Å². The smallest absolute Gasteiger partial charge is 0.404 e. The Balaban J connectivity index is 0.000000253. The number of allylic oxidation sites excluding steroid dienone is 2. The first-order valence-electron chi connectivity index (χ1n) is 9.17. The molecular weight excluding hydrogens is 286 g/mol. The van der Waals surface area contributed by atoms with Gasteiger partial charge in [-0.1, -0.05) is 52.7 Å². The van der Waals surface area contributed by atoms with Gasteiger partial charge >= 0.3 is 6.09 Å². The molecule has 0 radical (unpaired) electrons. The Morgan fingerprint density at radius 1 is 1.26 bits per heavy atom. The summed E-state index contributed by atoms with van der Waals surface area (Å²) < 4.78 is 0. The summed E-state index contributed by atoms with van der Waals surface area (Å²) in [5, 5.41) is 11.4. The van der Waals surface area contributed by atoms with Gasteiger partial charge in [-0.15, -0.1) is 0 Å². The summed E-state index contributed by atoms with van der Waals surface area (Å²) in [6.45, 7) is 15.6. The van der Waals surface area contributed by atoms with Gasteiger partial charge in [0, 0.05) is 6.04 Å². The van der Waals surface area contributed by atoms with Crippen LogP contribution in [0.15, 0.2) is 11.6 Å². The Morgan fingerprint density at radius 2 is 1.83 bits per heavy atom. The molecule has 2 N–H and O–H groups in total. The third-order valence-corrected chi connectivity index (χ3v) is 5.46. The lowest BCUT2D eigenvalue weighted by Gasteiger charge is -2.37. The summed E-state index contributed by atoms with van der Waals surface area (Å²) in [5.41, 5.74) is 2.09. The van der Waals surface area contributed by atoms with Crippen LogP contribution in [0.1, 0.15) is 74.1 Å². The standard InChI is InChI=1S/C11H21NO2.C9H16/c1-7(2)9-5-4-8(3)6-10(9)12-11(13)14;1-7(2)5-8-6-9(8,3)4/h7-10,12H,4-6H2,1-3H3,(H,13,14);5,8H,6H2,1-4H3/t8-,9+,10+;8-/m11/s1. The first-order valence-corrected chi connectivity index (χ1v) is 9.17. The molecule has 2 aliphatic rings. The second-order valence-electron chi connectivity index (χ2n) is 8.93. The van der Waals surface area contributed by atoms with Crippen molar-refractivity contribution in [3.8, 4) is 0 Å². The van der Waals surface area contributed by atoms with Crippen LogP contribution in [0.2, 0.25) is 0 Å². The topological polar surface area (TPSA) is 49.3 Å². The van der Waals surface area contributed by atoms with E-state index in [9.17, 15) is 4.79 Å². The average molecular weight is 324 g/mol. The van der Waals surface area contributed by atoms with Crippen molar-refractivity contribution in [2.75, 3.05) is 0 Å². The molecule has 2 aliphatic carbocycles. The molecule has 0 saturated heterocycles. The van der Waals surface area contributed by atoms with Crippen LogP contribution >= 0.6 is 0 Å². The molecule has 2 rings (SSSR count). The van der Waals surface area contributed by atoms with Gasteiger partial charge in [0.25, 0.3) is 0 Å². The normalized spacial score (nSPS) is 31.7. The fraction of sp³-hybridized carbons (Fsp3) is 0.850. The van der Waals surface area contributed by atoms with Crippen LogP contribution in [0.3, 0.4) is 0 Å². The second-order valence-corrected chi connectivity index (χ2v) is 8.93. The Kier molecular flexibility index (Phi) is 7.16. The number of carboxylic acid groups (broad SMARTS) is 1.